The van der Waals surface area contributed by atoms with Crippen molar-refractivity contribution in [3.8, 4) is 0 Å². The predicted molar refractivity (Wildman–Crippen MR) is 123 cm³/mol. The molecule has 0 spiro atoms. The summed E-state index contributed by atoms with van der Waals surface area (Å²) in [5.41, 5.74) is 0.776. The van der Waals surface area contributed by atoms with Crippen LogP contribution in [0.5, 0.6) is 0 Å². The van der Waals surface area contributed by atoms with Gasteiger partial charge in [-0.15, -0.1) is 6.58 Å². The van der Waals surface area contributed by atoms with Crippen LogP contribution in [0.15, 0.2) is 67.3 Å². The second-order valence-corrected chi connectivity index (χ2v) is 7.12. The molecule has 1 N–H and O–H groups in total. The van der Waals surface area contributed by atoms with Gasteiger partial charge in [0.05, 0.1) is 12.7 Å². The van der Waals surface area contributed by atoms with Gasteiger partial charge in [0, 0.05) is 18.7 Å². The van der Waals surface area contributed by atoms with Crippen LogP contribution in [0.3, 0.4) is 0 Å². The molecular weight excluding hydrogens is 392 g/mol. The minimum Gasteiger partial charge on any atom is -0.467 e. The Labute approximate surface area is 184 Å². The number of nitrogens with one attached hydrogen (secondary N) is 1. The first-order chi connectivity index (χ1) is 15.0. The van der Waals surface area contributed by atoms with Crippen molar-refractivity contribution in [2.24, 2.45) is 0 Å². The molecule has 0 saturated heterocycles. The molecule has 0 aliphatic heterocycles. The zero-order valence-electron chi connectivity index (χ0n) is 18.6. The van der Waals surface area contributed by atoms with E-state index in [1.165, 1.54) is 7.11 Å². The maximum Gasteiger partial charge on any atom is 0.338 e. The summed E-state index contributed by atoms with van der Waals surface area (Å²) in [5.74, 6) is -0.787. The number of methoxy groups -OCH3 is 1. The minimum atomic E-state index is -1.12. The molecule has 0 fully saturated rings. The smallest absolute Gasteiger partial charge is 0.338 e. The summed E-state index contributed by atoms with van der Waals surface area (Å²) in [7, 11) is 1.36. The van der Waals surface area contributed by atoms with Gasteiger partial charge >= 0.3 is 11.9 Å². The molecular formula is C25H32N2O4. The van der Waals surface area contributed by atoms with Crippen LogP contribution in [-0.4, -0.2) is 50.2 Å². The highest BCUT2D eigenvalue weighted by atomic mass is 16.5. The Morgan fingerprint density at radius 3 is 2.26 bits per heavy atom. The van der Waals surface area contributed by atoms with Gasteiger partial charge in [0.25, 0.3) is 0 Å². The monoisotopic (exact) mass is 424 g/mol. The zero-order valence-corrected chi connectivity index (χ0v) is 18.6. The van der Waals surface area contributed by atoms with Crippen molar-refractivity contribution in [2.75, 3.05) is 38.7 Å². The first-order valence-electron chi connectivity index (χ1n) is 10.5. The van der Waals surface area contributed by atoms with Crippen molar-refractivity contribution in [3.63, 3.8) is 0 Å². The molecule has 0 bridgehead atoms. The molecule has 166 valence electrons. The van der Waals surface area contributed by atoms with Crippen LogP contribution in [0.1, 0.15) is 36.2 Å². The molecule has 1 unspecified atom stereocenters. The van der Waals surface area contributed by atoms with E-state index in [0.717, 1.165) is 18.7 Å². The number of ether oxygens (including phenoxy) is 2. The highest BCUT2D eigenvalue weighted by Crippen LogP contribution is 2.32. The fourth-order valence-electron chi connectivity index (χ4n) is 3.43. The molecule has 2 aromatic rings. The number of rotatable bonds is 12. The second-order valence-electron chi connectivity index (χ2n) is 7.12. The predicted octanol–water partition coefficient (Wildman–Crippen LogP) is 4.24. The Balaban J connectivity index is 2.17. The van der Waals surface area contributed by atoms with Crippen molar-refractivity contribution in [2.45, 2.75) is 25.8 Å². The second kappa shape index (κ2) is 11.9. The van der Waals surface area contributed by atoms with Crippen LogP contribution in [0.25, 0.3) is 0 Å². The quantitative estimate of drug-likeness (QED) is 0.406. The van der Waals surface area contributed by atoms with E-state index in [9.17, 15) is 9.59 Å². The molecule has 6 heteroatoms. The molecule has 0 aromatic heterocycles. The summed E-state index contributed by atoms with van der Waals surface area (Å²) in [6.07, 6.45) is 2.01. The van der Waals surface area contributed by atoms with Crippen LogP contribution in [-0.2, 0) is 19.8 Å². The maximum atomic E-state index is 12.8. The van der Waals surface area contributed by atoms with Gasteiger partial charge in [0.15, 0.2) is 5.54 Å². The normalized spacial score (nSPS) is 12.6. The number of hydrogen-bond donors (Lipinski definition) is 1. The summed E-state index contributed by atoms with van der Waals surface area (Å²) in [5, 5.41) is 3.30. The summed E-state index contributed by atoms with van der Waals surface area (Å²) < 4.78 is 10.5. The number of carbonyl (C=O) groups excluding carboxylic acids is 2. The Morgan fingerprint density at radius 1 is 1.06 bits per heavy atom. The Kier molecular flexibility index (Phi) is 9.28. The lowest BCUT2D eigenvalue weighted by molar-refractivity contribution is -0.146. The molecule has 31 heavy (non-hydrogen) atoms. The van der Waals surface area contributed by atoms with E-state index in [1.54, 1.807) is 30.3 Å². The SMILES string of the molecule is C=CCC(Nc1ccc(C(=O)OCCN(CC)CC)cc1)(C(=O)OC)c1ccccc1. The van der Waals surface area contributed by atoms with Gasteiger partial charge in [-0.2, -0.15) is 0 Å². The van der Waals surface area contributed by atoms with Crippen molar-refractivity contribution >= 4 is 17.6 Å². The number of nitrogens with zero attached hydrogens (tertiary/aromatic N) is 1. The van der Waals surface area contributed by atoms with E-state index in [0.29, 0.717) is 30.8 Å². The molecule has 0 heterocycles. The molecule has 0 amide bonds. The lowest BCUT2D eigenvalue weighted by Crippen LogP contribution is -2.44. The molecule has 0 aliphatic rings. The molecule has 0 saturated carbocycles. The average molecular weight is 425 g/mol. The van der Waals surface area contributed by atoms with Gasteiger partial charge < -0.3 is 19.7 Å². The van der Waals surface area contributed by atoms with Gasteiger partial charge in [-0.05, 0) is 42.9 Å². The average Bonchev–Trinajstić information content (AvgIpc) is 2.81. The van der Waals surface area contributed by atoms with E-state index in [-0.39, 0.29) is 5.97 Å². The maximum absolute atomic E-state index is 12.8. The van der Waals surface area contributed by atoms with E-state index in [4.69, 9.17) is 9.47 Å². The van der Waals surface area contributed by atoms with Gasteiger partial charge in [-0.1, -0.05) is 50.3 Å². The summed E-state index contributed by atoms with van der Waals surface area (Å²) >= 11 is 0. The van der Waals surface area contributed by atoms with Crippen LogP contribution in [0.4, 0.5) is 5.69 Å². The van der Waals surface area contributed by atoms with Gasteiger partial charge in [0.1, 0.15) is 6.61 Å². The highest BCUT2D eigenvalue weighted by Gasteiger charge is 2.40. The fourth-order valence-corrected chi connectivity index (χ4v) is 3.43. The summed E-state index contributed by atoms with van der Waals surface area (Å²) in [6, 6.07) is 16.2. The Bertz CT molecular complexity index is 848. The first kappa shape index (κ1) is 24.2. The Morgan fingerprint density at radius 2 is 1.71 bits per heavy atom. The molecule has 2 rings (SSSR count). The lowest BCUT2D eigenvalue weighted by Gasteiger charge is -2.32. The van der Waals surface area contributed by atoms with Crippen LogP contribution in [0.2, 0.25) is 0 Å². The van der Waals surface area contributed by atoms with Gasteiger partial charge in [0.2, 0.25) is 0 Å². The van der Waals surface area contributed by atoms with E-state index >= 15 is 0 Å². The minimum absolute atomic E-state index is 0.332. The van der Waals surface area contributed by atoms with Crippen molar-refractivity contribution in [1.29, 1.82) is 0 Å². The van der Waals surface area contributed by atoms with Crippen molar-refractivity contribution < 1.29 is 19.1 Å². The fraction of sp³-hybridized carbons (Fsp3) is 0.360. The van der Waals surface area contributed by atoms with Crippen LogP contribution in [0, 0.1) is 0 Å². The number of likely N-dealkylation sites (N-methyl/N-ethyl adjacent to an activating group) is 1. The lowest BCUT2D eigenvalue weighted by atomic mass is 9.86. The molecule has 0 radical (unpaired) electrons. The first-order valence-corrected chi connectivity index (χ1v) is 10.5. The largest absolute Gasteiger partial charge is 0.467 e. The number of hydrogen-bond acceptors (Lipinski definition) is 6. The van der Waals surface area contributed by atoms with E-state index in [2.05, 4.69) is 30.6 Å². The molecule has 1 atom stereocenters. The Hall–Kier alpha value is -3.12. The number of esters is 2. The summed E-state index contributed by atoms with van der Waals surface area (Å²) in [4.78, 5) is 27.3. The van der Waals surface area contributed by atoms with Crippen LogP contribution < -0.4 is 5.32 Å². The van der Waals surface area contributed by atoms with E-state index in [1.807, 2.05) is 30.3 Å². The topological polar surface area (TPSA) is 67.9 Å². The highest BCUT2D eigenvalue weighted by molar-refractivity contribution is 5.90. The standard InChI is InChI=1S/C25H32N2O4/c1-5-17-25(24(29)30-4,21-11-9-8-10-12-21)26-22-15-13-20(14-16-22)23(28)31-19-18-27(6-2)7-3/h5,8-16,26H,1,6-7,17-19H2,2-4H3. The van der Waals surface area contributed by atoms with Crippen molar-refractivity contribution in [3.05, 3.63) is 78.4 Å². The third kappa shape index (κ3) is 6.18. The van der Waals surface area contributed by atoms with Gasteiger partial charge in [-0.25, -0.2) is 9.59 Å². The zero-order chi connectivity index (χ0) is 22.7. The molecule has 2 aromatic carbocycles. The number of carbonyl (C=O) groups is 2. The third-order valence-corrected chi connectivity index (χ3v) is 5.26. The summed E-state index contributed by atoms with van der Waals surface area (Å²) in [6.45, 7) is 10.9. The number of benzene rings is 2. The molecule has 6 nitrogen and oxygen atoms in total. The third-order valence-electron chi connectivity index (χ3n) is 5.26. The van der Waals surface area contributed by atoms with Gasteiger partial charge in [-0.3, -0.25) is 0 Å². The van der Waals surface area contributed by atoms with E-state index < -0.39 is 11.5 Å². The number of anilines is 1. The van der Waals surface area contributed by atoms with Crippen LogP contribution >= 0.6 is 0 Å². The molecule has 0 aliphatic carbocycles. The van der Waals surface area contributed by atoms with Crippen molar-refractivity contribution in [1.82, 2.24) is 4.90 Å².